The molecule has 39 heavy (non-hydrogen) atoms. The molecule has 0 spiro atoms. The minimum absolute atomic E-state index is 0.195. The van der Waals surface area contributed by atoms with Gasteiger partial charge in [0.25, 0.3) is 11.8 Å². The van der Waals surface area contributed by atoms with Gasteiger partial charge in [0.2, 0.25) is 0 Å². The molecule has 1 N–H and O–H groups in total. The molecule has 0 aromatic heterocycles. The van der Waals surface area contributed by atoms with E-state index < -0.39 is 17.8 Å². The van der Waals surface area contributed by atoms with Crippen molar-refractivity contribution < 1.29 is 28.6 Å². The number of halogens is 2. The van der Waals surface area contributed by atoms with E-state index in [1.807, 2.05) is 6.92 Å². The lowest BCUT2D eigenvalue weighted by Gasteiger charge is -2.26. The van der Waals surface area contributed by atoms with Gasteiger partial charge in [-0.15, -0.1) is 0 Å². The maximum atomic E-state index is 13.3. The second-order valence-electron chi connectivity index (χ2n) is 8.22. The van der Waals surface area contributed by atoms with E-state index in [0.717, 1.165) is 10.5 Å². The SMILES string of the molecule is C=CCOc1ccc(/C=C2\C(=O)NC(=O)N(c3ccc(OCc4ccc(Cl)cc4Cl)cc3)C2=O)cc1OCC. The van der Waals surface area contributed by atoms with E-state index in [0.29, 0.717) is 39.5 Å². The lowest BCUT2D eigenvalue weighted by Crippen LogP contribution is -2.54. The molecular weight excluding hydrogens is 543 g/mol. The number of hydrogen-bond acceptors (Lipinski definition) is 6. The van der Waals surface area contributed by atoms with Crippen molar-refractivity contribution >= 4 is 52.8 Å². The first-order valence-electron chi connectivity index (χ1n) is 11.9. The molecule has 0 atom stereocenters. The highest BCUT2D eigenvalue weighted by atomic mass is 35.5. The Hall–Kier alpha value is -4.27. The van der Waals surface area contributed by atoms with Gasteiger partial charge in [-0.2, -0.15) is 0 Å². The molecule has 8 nitrogen and oxygen atoms in total. The van der Waals surface area contributed by atoms with Crippen LogP contribution >= 0.6 is 23.2 Å². The third-order valence-electron chi connectivity index (χ3n) is 5.54. The van der Waals surface area contributed by atoms with Crippen LogP contribution in [0.4, 0.5) is 10.5 Å². The summed E-state index contributed by atoms with van der Waals surface area (Å²) in [5.74, 6) is -0.137. The lowest BCUT2D eigenvalue weighted by molar-refractivity contribution is -0.122. The van der Waals surface area contributed by atoms with Crippen LogP contribution in [0.3, 0.4) is 0 Å². The van der Waals surface area contributed by atoms with Gasteiger partial charge in [0.1, 0.15) is 24.5 Å². The van der Waals surface area contributed by atoms with E-state index in [2.05, 4.69) is 11.9 Å². The van der Waals surface area contributed by atoms with E-state index in [1.54, 1.807) is 66.7 Å². The minimum Gasteiger partial charge on any atom is -0.490 e. The van der Waals surface area contributed by atoms with Crippen molar-refractivity contribution in [3.8, 4) is 17.2 Å². The van der Waals surface area contributed by atoms with Crippen molar-refractivity contribution in [1.82, 2.24) is 5.32 Å². The third kappa shape index (κ3) is 6.60. The summed E-state index contributed by atoms with van der Waals surface area (Å²) in [6, 6.07) is 15.5. The minimum atomic E-state index is -0.855. The molecule has 10 heteroatoms. The van der Waals surface area contributed by atoms with Gasteiger partial charge in [-0.1, -0.05) is 48.0 Å². The van der Waals surface area contributed by atoms with Gasteiger partial charge in [0, 0.05) is 15.6 Å². The predicted molar refractivity (Wildman–Crippen MR) is 150 cm³/mol. The summed E-state index contributed by atoms with van der Waals surface area (Å²) in [6.45, 7) is 6.33. The average Bonchev–Trinajstić information content (AvgIpc) is 2.91. The second kappa shape index (κ2) is 12.5. The van der Waals surface area contributed by atoms with E-state index in [1.165, 1.54) is 6.08 Å². The van der Waals surface area contributed by atoms with Gasteiger partial charge in [0.15, 0.2) is 11.5 Å². The molecule has 1 heterocycles. The molecule has 1 aliphatic rings. The Morgan fingerprint density at radius 3 is 2.38 bits per heavy atom. The molecular formula is C29H24Cl2N2O6. The molecule has 3 aromatic carbocycles. The van der Waals surface area contributed by atoms with Crippen LogP contribution in [0, 0.1) is 0 Å². The highest BCUT2D eigenvalue weighted by molar-refractivity contribution is 6.39. The van der Waals surface area contributed by atoms with E-state index >= 15 is 0 Å². The number of hydrogen-bond donors (Lipinski definition) is 1. The van der Waals surface area contributed by atoms with Crippen molar-refractivity contribution in [2.75, 3.05) is 18.1 Å². The van der Waals surface area contributed by atoms with Gasteiger partial charge in [-0.25, -0.2) is 9.69 Å². The van der Waals surface area contributed by atoms with Gasteiger partial charge >= 0.3 is 6.03 Å². The Kier molecular flexibility index (Phi) is 8.91. The Morgan fingerprint density at radius 1 is 0.923 bits per heavy atom. The fourth-order valence-corrected chi connectivity index (χ4v) is 4.16. The number of benzene rings is 3. The molecule has 1 saturated heterocycles. The molecule has 200 valence electrons. The molecule has 0 radical (unpaired) electrons. The number of amides is 4. The van der Waals surface area contributed by atoms with Crippen molar-refractivity contribution in [3.63, 3.8) is 0 Å². The van der Waals surface area contributed by atoms with Gasteiger partial charge in [-0.05, 0) is 67.1 Å². The van der Waals surface area contributed by atoms with Crippen molar-refractivity contribution in [2.24, 2.45) is 0 Å². The highest BCUT2D eigenvalue weighted by Gasteiger charge is 2.36. The number of urea groups is 1. The van der Waals surface area contributed by atoms with Gasteiger partial charge in [0.05, 0.1) is 12.3 Å². The first-order valence-corrected chi connectivity index (χ1v) is 12.6. The van der Waals surface area contributed by atoms with E-state index in [9.17, 15) is 14.4 Å². The standard InChI is InChI=1S/C29H24Cl2N2O6/c1-3-13-38-25-12-5-18(15-26(25)37-4-2)14-23-27(34)32-29(36)33(28(23)35)21-8-10-22(11-9-21)39-17-19-6-7-20(30)16-24(19)31/h3,5-12,14-16H,1,4,13,17H2,2H3,(H,32,34,36)/b23-14+. The number of carbonyl (C=O) groups is 3. The summed E-state index contributed by atoms with van der Waals surface area (Å²) in [7, 11) is 0. The van der Waals surface area contributed by atoms with Crippen LogP contribution in [0.15, 0.2) is 78.9 Å². The third-order valence-corrected chi connectivity index (χ3v) is 6.13. The molecule has 0 aliphatic carbocycles. The van der Waals surface area contributed by atoms with Crippen LogP contribution in [0.2, 0.25) is 10.0 Å². The van der Waals surface area contributed by atoms with Gasteiger partial charge in [-0.3, -0.25) is 14.9 Å². The van der Waals surface area contributed by atoms with Crippen molar-refractivity contribution in [1.29, 1.82) is 0 Å². The molecule has 1 fully saturated rings. The van der Waals surface area contributed by atoms with Crippen LogP contribution in [0.25, 0.3) is 6.08 Å². The zero-order valence-corrected chi connectivity index (χ0v) is 22.4. The number of barbiturate groups is 1. The number of anilines is 1. The quantitative estimate of drug-likeness (QED) is 0.178. The molecule has 1 aliphatic heterocycles. The first kappa shape index (κ1) is 27.8. The predicted octanol–water partition coefficient (Wildman–Crippen LogP) is 6.20. The summed E-state index contributed by atoms with van der Waals surface area (Å²) >= 11 is 12.1. The molecule has 3 aromatic rings. The summed E-state index contributed by atoms with van der Waals surface area (Å²) in [5, 5.41) is 3.21. The molecule has 0 unspecified atom stereocenters. The van der Waals surface area contributed by atoms with Crippen LogP contribution in [-0.2, 0) is 16.2 Å². The number of carbonyl (C=O) groups excluding carboxylic acids is 3. The number of ether oxygens (including phenoxy) is 3. The first-order chi connectivity index (χ1) is 18.8. The highest BCUT2D eigenvalue weighted by Crippen LogP contribution is 2.31. The zero-order chi connectivity index (χ0) is 27.9. The maximum Gasteiger partial charge on any atom is 0.335 e. The summed E-state index contributed by atoms with van der Waals surface area (Å²) in [4.78, 5) is 39.4. The number of nitrogens with zero attached hydrogens (tertiary/aromatic N) is 1. The average molecular weight is 567 g/mol. The van der Waals surface area contributed by atoms with E-state index in [-0.39, 0.29) is 24.5 Å². The molecule has 0 bridgehead atoms. The van der Waals surface area contributed by atoms with Crippen molar-refractivity contribution in [2.45, 2.75) is 13.5 Å². The summed E-state index contributed by atoms with van der Waals surface area (Å²) < 4.78 is 17.0. The monoisotopic (exact) mass is 566 g/mol. The smallest absolute Gasteiger partial charge is 0.335 e. The number of nitrogens with one attached hydrogen (secondary N) is 1. The number of rotatable bonds is 10. The maximum absolute atomic E-state index is 13.3. The van der Waals surface area contributed by atoms with E-state index in [4.69, 9.17) is 37.4 Å². The molecule has 4 amide bonds. The fourth-order valence-electron chi connectivity index (χ4n) is 3.70. The van der Waals surface area contributed by atoms with Crippen molar-refractivity contribution in [3.05, 3.63) is 100 Å². The molecule has 0 saturated carbocycles. The fraction of sp³-hybridized carbons (Fsp3) is 0.138. The Morgan fingerprint density at radius 2 is 1.69 bits per heavy atom. The lowest BCUT2D eigenvalue weighted by atomic mass is 10.1. The largest absolute Gasteiger partial charge is 0.490 e. The van der Waals surface area contributed by atoms with Crippen LogP contribution in [-0.4, -0.2) is 31.1 Å². The Labute approximate surface area is 235 Å². The molecule has 4 rings (SSSR count). The topological polar surface area (TPSA) is 94.2 Å². The normalized spacial score (nSPS) is 14.3. The number of imide groups is 2. The second-order valence-corrected chi connectivity index (χ2v) is 9.06. The summed E-state index contributed by atoms with van der Waals surface area (Å²) in [5.41, 5.74) is 1.31. The van der Waals surface area contributed by atoms with Crippen LogP contribution in [0.5, 0.6) is 17.2 Å². The Balaban J connectivity index is 1.54. The van der Waals surface area contributed by atoms with Crippen LogP contribution < -0.4 is 24.4 Å². The van der Waals surface area contributed by atoms with Crippen LogP contribution in [0.1, 0.15) is 18.1 Å². The zero-order valence-electron chi connectivity index (χ0n) is 20.9. The summed E-state index contributed by atoms with van der Waals surface area (Å²) in [6.07, 6.45) is 3.00. The Bertz CT molecular complexity index is 1450. The van der Waals surface area contributed by atoms with Gasteiger partial charge < -0.3 is 14.2 Å².